The average molecular weight is 613 g/mol. The minimum Gasteiger partial charge on any atom is -0.394 e. The molecule has 3 rings (SSSR count). The normalized spacial score (nSPS) is 20.2. The number of amides is 2. The van der Waals surface area contributed by atoms with E-state index in [1.54, 1.807) is 10.0 Å². The van der Waals surface area contributed by atoms with Crippen molar-refractivity contribution in [2.24, 2.45) is 0 Å². The first-order chi connectivity index (χ1) is 18.9. The maximum Gasteiger partial charge on any atom is 0.416 e. The fourth-order valence-corrected chi connectivity index (χ4v) is 5.66. The smallest absolute Gasteiger partial charge is 0.394 e. The van der Waals surface area contributed by atoms with Crippen molar-refractivity contribution in [3.05, 3.63) is 58.6 Å². The number of allylic oxidation sites excluding steroid dienone is 1. The molecule has 1 aliphatic heterocycles. The Balaban J connectivity index is 2.04. The molecule has 1 saturated carbocycles. The molecule has 0 aromatic heterocycles. The number of halogens is 7. The van der Waals surface area contributed by atoms with Gasteiger partial charge in [-0.1, -0.05) is 12.1 Å². The van der Waals surface area contributed by atoms with Crippen molar-refractivity contribution in [1.82, 2.24) is 15.4 Å². The van der Waals surface area contributed by atoms with Gasteiger partial charge in [-0.25, -0.2) is 17.5 Å². The monoisotopic (exact) mass is 612 g/mol. The van der Waals surface area contributed by atoms with E-state index in [-0.39, 0.29) is 37.7 Å². The lowest BCUT2D eigenvalue weighted by molar-refractivity contribution is -0.203. The zero-order chi connectivity index (χ0) is 30.8. The van der Waals surface area contributed by atoms with Crippen LogP contribution in [0.1, 0.15) is 49.7 Å². The first-order valence-corrected chi connectivity index (χ1v) is 13.9. The fraction of sp³-hybridized carbons (Fsp3) is 0.480. The van der Waals surface area contributed by atoms with Gasteiger partial charge >= 0.3 is 12.4 Å². The quantitative estimate of drug-likeness (QED) is 0.130. The molecule has 1 fully saturated rings. The number of unbranched alkanes of at least 4 members (excludes halogenated alkanes) is 1. The molecule has 1 aromatic carbocycles. The number of hydrogen-bond acceptors (Lipinski definition) is 6. The molecule has 4 N–H and O–H groups in total. The van der Waals surface area contributed by atoms with Gasteiger partial charge in [-0.2, -0.15) is 26.3 Å². The number of benzene rings is 1. The van der Waals surface area contributed by atoms with Crippen molar-refractivity contribution < 1.29 is 48.7 Å². The Kier molecular flexibility index (Phi) is 9.25. The van der Waals surface area contributed by atoms with Crippen LogP contribution >= 0.6 is 0 Å². The van der Waals surface area contributed by atoms with E-state index in [1.165, 1.54) is 7.05 Å². The molecule has 1 atom stereocenters. The van der Waals surface area contributed by atoms with Gasteiger partial charge in [0.1, 0.15) is 11.4 Å². The lowest BCUT2D eigenvalue weighted by Gasteiger charge is -2.41. The van der Waals surface area contributed by atoms with Crippen molar-refractivity contribution in [2.75, 3.05) is 7.05 Å². The molecule has 1 aliphatic carbocycles. The van der Waals surface area contributed by atoms with Crippen LogP contribution in [0.15, 0.2) is 41.6 Å². The van der Waals surface area contributed by atoms with Gasteiger partial charge in [0.15, 0.2) is 5.54 Å². The molecule has 8 nitrogen and oxygen atoms in total. The van der Waals surface area contributed by atoms with Crippen molar-refractivity contribution in [2.45, 2.75) is 68.1 Å². The van der Waals surface area contributed by atoms with Gasteiger partial charge in [-0.05, 0) is 61.6 Å². The minimum absolute atomic E-state index is 0.0104. The van der Waals surface area contributed by atoms with Crippen LogP contribution in [-0.4, -0.2) is 50.6 Å². The summed E-state index contributed by atoms with van der Waals surface area (Å²) in [5.74, 6) is -4.63. The number of aryl methyl sites for hydroxylation is 1. The first-order valence-electron chi connectivity index (χ1n) is 12.4. The van der Waals surface area contributed by atoms with Crippen molar-refractivity contribution in [1.29, 1.82) is 5.41 Å². The van der Waals surface area contributed by atoms with Crippen LogP contribution in [0.25, 0.3) is 0 Å². The second kappa shape index (κ2) is 11.8. The highest BCUT2D eigenvalue weighted by atomic mass is 32.2. The summed E-state index contributed by atoms with van der Waals surface area (Å²) in [5, 5.41) is 11.5. The summed E-state index contributed by atoms with van der Waals surface area (Å²) in [6.07, 6.45) is -9.93. The molecule has 0 saturated heterocycles. The van der Waals surface area contributed by atoms with Gasteiger partial charge in [0.25, 0.3) is 11.8 Å². The Bertz CT molecular complexity index is 1380. The molecule has 0 radical (unpaired) electrons. The topological polar surface area (TPSA) is 128 Å². The Labute approximate surface area is 231 Å². The van der Waals surface area contributed by atoms with Gasteiger partial charge in [0.2, 0.25) is 10.0 Å². The summed E-state index contributed by atoms with van der Waals surface area (Å²) < 4.78 is 123. The van der Waals surface area contributed by atoms with Crippen LogP contribution in [-0.2, 0) is 31.6 Å². The van der Waals surface area contributed by atoms with Crippen LogP contribution in [0.2, 0.25) is 0 Å². The Morgan fingerprint density at radius 2 is 1.83 bits per heavy atom. The van der Waals surface area contributed by atoms with E-state index < -0.39 is 86.1 Å². The summed E-state index contributed by atoms with van der Waals surface area (Å²) in [4.78, 5) is 26.0. The molecule has 1 aromatic rings. The number of nitrogens with one attached hydrogen (secondary N) is 4. The molecular formula is C25H27F7N4O4S. The first kappa shape index (κ1) is 32.1. The van der Waals surface area contributed by atoms with Crippen molar-refractivity contribution in [3.63, 3.8) is 0 Å². The van der Waals surface area contributed by atoms with E-state index in [2.05, 4.69) is 5.32 Å². The molecule has 0 spiro atoms. The van der Waals surface area contributed by atoms with Crippen LogP contribution in [0.3, 0.4) is 0 Å². The van der Waals surface area contributed by atoms with E-state index in [0.717, 1.165) is 30.5 Å². The third kappa shape index (κ3) is 7.45. The largest absolute Gasteiger partial charge is 0.416 e. The lowest BCUT2D eigenvalue weighted by atomic mass is 9.76. The summed E-state index contributed by atoms with van der Waals surface area (Å²) in [6.45, 7) is 0. The third-order valence-corrected chi connectivity index (χ3v) is 8.44. The number of carbonyl (C=O) groups excluding carboxylic acids is 2. The second-order valence-corrected chi connectivity index (χ2v) is 11.7. The molecule has 41 heavy (non-hydrogen) atoms. The molecule has 0 bridgehead atoms. The molecule has 1 heterocycles. The lowest BCUT2D eigenvalue weighted by Crippen LogP contribution is -2.61. The van der Waals surface area contributed by atoms with Gasteiger partial charge in [0, 0.05) is 25.5 Å². The van der Waals surface area contributed by atoms with E-state index in [0.29, 0.717) is 0 Å². The molecule has 2 aliphatic rings. The standard InChI is InChI=1S/C25H27F7N4O4S/c1-34-11-9-19(33)16-13-23(25(30,31)32,35-21(37)20(16)22(38)36-41(39,40)15-6-7-15)17-8-5-14(12-18(17)26)4-2-3-10-24(27,28)29/h5,8-9,11-12,15,33-34H,2-4,6-7,10,13H2,1H3,(H,35,37)(H,36,38)/b11-9-,33-19?/t23-/m0/s1. The van der Waals surface area contributed by atoms with E-state index in [9.17, 15) is 44.3 Å². The summed E-state index contributed by atoms with van der Waals surface area (Å²) in [5.41, 5.74) is -6.95. The molecule has 226 valence electrons. The van der Waals surface area contributed by atoms with Gasteiger partial charge in [0.05, 0.1) is 11.0 Å². The Hall–Kier alpha value is -3.43. The third-order valence-electron chi connectivity index (χ3n) is 6.62. The molecule has 0 unspecified atom stereocenters. The number of carbonyl (C=O) groups is 2. The second-order valence-electron chi connectivity index (χ2n) is 9.74. The van der Waals surface area contributed by atoms with Crippen molar-refractivity contribution in [3.8, 4) is 0 Å². The van der Waals surface area contributed by atoms with E-state index >= 15 is 4.39 Å². The number of rotatable bonds is 11. The van der Waals surface area contributed by atoms with Gasteiger partial charge in [-0.15, -0.1) is 0 Å². The summed E-state index contributed by atoms with van der Waals surface area (Å²) in [6, 6.07) is 2.56. The molecule has 2 amide bonds. The van der Waals surface area contributed by atoms with Gasteiger partial charge in [-0.3, -0.25) is 9.59 Å². The highest BCUT2D eigenvalue weighted by Crippen LogP contribution is 2.47. The van der Waals surface area contributed by atoms with Crippen LogP contribution < -0.4 is 15.4 Å². The van der Waals surface area contributed by atoms with E-state index in [1.807, 2.05) is 0 Å². The van der Waals surface area contributed by atoms with Crippen molar-refractivity contribution >= 4 is 27.5 Å². The summed E-state index contributed by atoms with van der Waals surface area (Å²) >= 11 is 0. The maximum absolute atomic E-state index is 15.3. The highest BCUT2D eigenvalue weighted by Gasteiger charge is 2.61. The molecule has 16 heteroatoms. The van der Waals surface area contributed by atoms with E-state index in [4.69, 9.17) is 5.41 Å². The molecular weight excluding hydrogens is 585 g/mol. The predicted molar refractivity (Wildman–Crippen MR) is 134 cm³/mol. The number of alkyl halides is 6. The maximum atomic E-state index is 15.3. The van der Waals surface area contributed by atoms with Crippen LogP contribution in [0, 0.1) is 11.2 Å². The van der Waals surface area contributed by atoms with Crippen LogP contribution in [0.4, 0.5) is 30.7 Å². The fourth-order valence-electron chi connectivity index (χ4n) is 4.37. The highest BCUT2D eigenvalue weighted by molar-refractivity contribution is 7.91. The summed E-state index contributed by atoms with van der Waals surface area (Å²) in [7, 11) is -2.82. The Morgan fingerprint density at radius 3 is 2.37 bits per heavy atom. The Morgan fingerprint density at radius 1 is 1.17 bits per heavy atom. The zero-order valence-electron chi connectivity index (χ0n) is 21.6. The number of hydrogen-bond donors (Lipinski definition) is 4. The SMILES string of the molecule is CN/C=C\C(=N)C1=C(C(=O)NS(=O)(=O)C2CC2)C(=O)N[C@@](c2ccc(CCCCC(F)(F)F)cc2F)(C(F)(F)F)C1. The average Bonchev–Trinajstić information content (AvgIpc) is 3.69. The predicted octanol–water partition coefficient (Wildman–Crippen LogP) is 4.04. The van der Waals surface area contributed by atoms with Gasteiger partial charge < -0.3 is 16.0 Å². The minimum atomic E-state index is -5.38. The zero-order valence-corrected chi connectivity index (χ0v) is 22.4. The number of sulfonamides is 1. The van der Waals surface area contributed by atoms with Crippen LogP contribution in [0.5, 0.6) is 0 Å².